The Kier molecular flexibility index (Phi) is 6.73. The second-order valence-corrected chi connectivity index (χ2v) is 9.73. The van der Waals surface area contributed by atoms with E-state index in [2.05, 4.69) is 25.3 Å². The molecule has 10 heteroatoms. The van der Waals surface area contributed by atoms with Crippen molar-refractivity contribution in [2.45, 2.75) is 50.0 Å². The molecule has 0 amide bonds. The summed E-state index contributed by atoms with van der Waals surface area (Å²) in [5.74, 6) is -0.686. The normalized spacial score (nSPS) is 14.6. The fraction of sp³-hybridized carbons (Fsp3) is 0.304. The summed E-state index contributed by atoms with van der Waals surface area (Å²) in [6.07, 6.45) is 5.89. The first-order chi connectivity index (χ1) is 15.8. The lowest BCUT2D eigenvalue weighted by molar-refractivity contribution is 0.461. The van der Waals surface area contributed by atoms with Gasteiger partial charge in [-0.3, -0.25) is 4.72 Å². The van der Waals surface area contributed by atoms with E-state index in [1.54, 1.807) is 12.1 Å². The highest BCUT2D eigenvalue weighted by molar-refractivity contribution is 7.92. The van der Waals surface area contributed by atoms with Crippen LogP contribution in [0.5, 0.6) is 0 Å². The van der Waals surface area contributed by atoms with Crippen LogP contribution in [0, 0.1) is 18.6 Å². The Hall–Kier alpha value is -3.27. The molecule has 4 rings (SSSR count). The second kappa shape index (κ2) is 9.70. The molecular formula is C23H25F2N5O2S. The molecule has 0 radical (unpaired) electrons. The van der Waals surface area contributed by atoms with Crippen molar-refractivity contribution in [1.82, 2.24) is 9.97 Å². The van der Waals surface area contributed by atoms with Crippen LogP contribution >= 0.6 is 0 Å². The van der Waals surface area contributed by atoms with Crippen molar-refractivity contribution < 1.29 is 17.2 Å². The van der Waals surface area contributed by atoms with Gasteiger partial charge in [0, 0.05) is 29.2 Å². The summed E-state index contributed by atoms with van der Waals surface area (Å²) in [6.45, 7) is 1.89. The van der Waals surface area contributed by atoms with Gasteiger partial charge in [0.15, 0.2) is 0 Å². The number of sulfonamides is 1. The minimum Gasteiger partial charge on any atom is -0.351 e. The second-order valence-electron chi connectivity index (χ2n) is 8.08. The number of nitrogens with zero attached hydrogens (tertiary/aromatic N) is 2. The molecule has 3 N–H and O–H groups in total. The molecule has 7 nitrogen and oxygen atoms in total. The van der Waals surface area contributed by atoms with Crippen LogP contribution in [0.4, 0.5) is 31.9 Å². The minimum absolute atomic E-state index is 0.211. The highest BCUT2D eigenvalue weighted by atomic mass is 32.2. The summed E-state index contributed by atoms with van der Waals surface area (Å²) in [7, 11) is -4.28. The lowest BCUT2D eigenvalue weighted by atomic mass is 9.96. The van der Waals surface area contributed by atoms with Crippen molar-refractivity contribution in [2.75, 3.05) is 15.4 Å². The highest BCUT2D eigenvalue weighted by Gasteiger charge is 2.20. The van der Waals surface area contributed by atoms with Crippen molar-refractivity contribution in [3.05, 3.63) is 65.9 Å². The average Bonchev–Trinajstić information content (AvgIpc) is 2.77. The summed E-state index contributed by atoms with van der Waals surface area (Å²) < 4.78 is 54.4. The smallest absolute Gasteiger partial charge is 0.264 e. The Bertz CT molecular complexity index is 1230. The van der Waals surface area contributed by atoms with E-state index in [9.17, 15) is 17.2 Å². The van der Waals surface area contributed by atoms with Gasteiger partial charge in [-0.25, -0.2) is 22.2 Å². The van der Waals surface area contributed by atoms with E-state index in [4.69, 9.17) is 0 Å². The van der Waals surface area contributed by atoms with E-state index in [0.717, 1.165) is 30.7 Å². The molecule has 1 aliphatic rings. The minimum atomic E-state index is -4.28. The molecule has 3 aromatic rings. The molecule has 0 spiro atoms. The molecule has 1 aliphatic carbocycles. The van der Waals surface area contributed by atoms with Gasteiger partial charge >= 0.3 is 0 Å². The number of aromatic nitrogens is 2. The van der Waals surface area contributed by atoms with E-state index in [-0.39, 0.29) is 5.69 Å². The first-order valence-corrected chi connectivity index (χ1v) is 12.2. The Balaban J connectivity index is 1.45. The van der Waals surface area contributed by atoms with Crippen LogP contribution in [-0.4, -0.2) is 24.4 Å². The Labute approximate surface area is 191 Å². The Morgan fingerprint density at radius 1 is 0.909 bits per heavy atom. The zero-order chi connectivity index (χ0) is 23.4. The van der Waals surface area contributed by atoms with Crippen molar-refractivity contribution in [1.29, 1.82) is 0 Å². The summed E-state index contributed by atoms with van der Waals surface area (Å²) in [5.41, 5.74) is 1.70. The highest BCUT2D eigenvalue weighted by Crippen LogP contribution is 2.24. The summed E-state index contributed by atoms with van der Waals surface area (Å²) in [6, 6.07) is 10.8. The van der Waals surface area contributed by atoms with Crippen molar-refractivity contribution in [3.8, 4) is 0 Å². The fourth-order valence-electron chi connectivity index (χ4n) is 3.79. The zero-order valence-corrected chi connectivity index (χ0v) is 18.9. The number of anilines is 4. The standard InChI is InChI=1S/C23H25F2N5O2S/c1-15-13-22(29-23(26-15)28-17-5-3-2-4-6-17)27-18-8-10-19(11-9-18)30-33(31,32)21-14-16(24)7-12-20(21)25/h7-14,17,30H,2-6H2,1H3,(H2,26,27,28,29). The number of benzene rings is 2. The van der Waals surface area contributed by atoms with Gasteiger partial charge in [0.2, 0.25) is 5.95 Å². The Morgan fingerprint density at radius 3 is 2.33 bits per heavy atom. The SMILES string of the molecule is Cc1cc(Nc2ccc(NS(=O)(=O)c3cc(F)ccc3F)cc2)nc(NC2CCCCC2)n1. The molecule has 0 bridgehead atoms. The molecule has 33 heavy (non-hydrogen) atoms. The van der Waals surface area contributed by atoms with Gasteiger partial charge in [-0.05, 0) is 62.2 Å². The van der Waals surface area contributed by atoms with E-state index >= 15 is 0 Å². The maximum atomic E-state index is 13.9. The van der Waals surface area contributed by atoms with Crippen LogP contribution in [0.1, 0.15) is 37.8 Å². The molecule has 0 unspecified atom stereocenters. The quantitative estimate of drug-likeness (QED) is 0.428. The number of aryl methyl sites for hydroxylation is 1. The predicted octanol–water partition coefficient (Wildman–Crippen LogP) is 5.35. The molecule has 0 atom stereocenters. The van der Waals surface area contributed by atoms with Crippen LogP contribution in [0.2, 0.25) is 0 Å². The monoisotopic (exact) mass is 473 g/mol. The number of nitrogens with one attached hydrogen (secondary N) is 3. The maximum Gasteiger partial charge on any atom is 0.264 e. The van der Waals surface area contributed by atoms with Crippen LogP contribution in [0.15, 0.2) is 53.4 Å². The van der Waals surface area contributed by atoms with Crippen LogP contribution in [0.3, 0.4) is 0 Å². The van der Waals surface area contributed by atoms with Gasteiger partial charge in [0.05, 0.1) is 0 Å². The van der Waals surface area contributed by atoms with Gasteiger partial charge < -0.3 is 10.6 Å². The maximum absolute atomic E-state index is 13.9. The molecule has 0 aliphatic heterocycles. The van der Waals surface area contributed by atoms with E-state index in [0.29, 0.717) is 29.6 Å². The molecule has 1 fully saturated rings. The van der Waals surface area contributed by atoms with Gasteiger partial charge in [-0.15, -0.1) is 0 Å². The molecular weight excluding hydrogens is 448 g/mol. The van der Waals surface area contributed by atoms with Crippen molar-refractivity contribution in [2.24, 2.45) is 0 Å². The zero-order valence-electron chi connectivity index (χ0n) is 18.1. The van der Waals surface area contributed by atoms with E-state index in [1.807, 2.05) is 13.0 Å². The summed E-state index contributed by atoms with van der Waals surface area (Å²) >= 11 is 0. The van der Waals surface area contributed by atoms with Crippen molar-refractivity contribution in [3.63, 3.8) is 0 Å². The number of hydrogen-bond acceptors (Lipinski definition) is 6. The third-order valence-electron chi connectivity index (χ3n) is 5.38. The summed E-state index contributed by atoms with van der Waals surface area (Å²) in [5, 5.41) is 6.59. The van der Waals surface area contributed by atoms with Crippen molar-refractivity contribution >= 4 is 33.2 Å². The van der Waals surface area contributed by atoms with Gasteiger partial charge in [-0.1, -0.05) is 19.3 Å². The fourth-order valence-corrected chi connectivity index (χ4v) is 4.94. The number of halogens is 2. The molecule has 2 aromatic carbocycles. The topological polar surface area (TPSA) is 96.0 Å². The predicted molar refractivity (Wildman–Crippen MR) is 124 cm³/mol. The van der Waals surface area contributed by atoms with E-state index < -0.39 is 26.6 Å². The number of rotatable bonds is 7. The first kappa shape index (κ1) is 22.9. The largest absolute Gasteiger partial charge is 0.351 e. The lowest BCUT2D eigenvalue weighted by Crippen LogP contribution is -2.23. The first-order valence-electron chi connectivity index (χ1n) is 10.8. The molecule has 1 heterocycles. The van der Waals surface area contributed by atoms with Crippen LogP contribution in [-0.2, 0) is 10.0 Å². The van der Waals surface area contributed by atoms with Gasteiger partial charge in [0.1, 0.15) is 22.3 Å². The molecule has 1 aromatic heterocycles. The number of hydrogen-bond donors (Lipinski definition) is 3. The molecule has 174 valence electrons. The Morgan fingerprint density at radius 2 is 1.61 bits per heavy atom. The average molecular weight is 474 g/mol. The van der Waals surface area contributed by atoms with Gasteiger partial charge in [0.25, 0.3) is 10.0 Å². The lowest BCUT2D eigenvalue weighted by Gasteiger charge is -2.23. The van der Waals surface area contributed by atoms with E-state index in [1.165, 1.54) is 31.4 Å². The van der Waals surface area contributed by atoms with Gasteiger partial charge in [-0.2, -0.15) is 4.98 Å². The third-order valence-corrected chi connectivity index (χ3v) is 6.78. The molecule has 0 saturated heterocycles. The van der Waals surface area contributed by atoms with Crippen LogP contribution < -0.4 is 15.4 Å². The third kappa shape index (κ3) is 5.95. The molecule has 1 saturated carbocycles. The summed E-state index contributed by atoms with van der Waals surface area (Å²) in [4.78, 5) is 8.26. The van der Waals surface area contributed by atoms with Crippen LogP contribution in [0.25, 0.3) is 0 Å².